The van der Waals surface area contributed by atoms with Gasteiger partial charge in [-0.3, -0.25) is 0 Å². The summed E-state index contributed by atoms with van der Waals surface area (Å²) in [6.07, 6.45) is 1.20. The van der Waals surface area contributed by atoms with Gasteiger partial charge in [-0.05, 0) is 18.5 Å². The molecule has 3 heteroatoms. The van der Waals surface area contributed by atoms with E-state index in [2.05, 4.69) is 73.1 Å². The molecule has 1 aliphatic rings. The quantitative estimate of drug-likeness (QED) is 0.863. The van der Waals surface area contributed by atoms with Crippen molar-refractivity contribution in [3.8, 4) is 0 Å². The summed E-state index contributed by atoms with van der Waals surface area (Å²) in [7, 11) is 0. The van der Waals surface area contributed by atoms with E-state index in [4.69, 9.17) is 0 Å². The summed E-state index contributed by atoms with van der Waals surface area (Å²) in [5.74, 6) is 0. The monoisotopic (exact) mass is 292 g/mol. The molecule has 0 saturated carbocycles. The van der Waals surface area contributed by atoms with Gasteiger partial charge in [0, 0.05) is 36.2 Å². The van der Waals surface area contributed by atoms with Crippen LogP contribution < -0.4 is 5.32 Å². The van der Waals surface area contributed by atoms with E-state index in [1.807, 2.05) is 0 Å². The van der Waals surface area contributed by atoms with Gasteiger partial charge in [-0.2, -0.15) is 11.8 Å². The third-order valence-corrected chi connectivity index (χ3v) is 5.11. The highest BCUT2D eigenvalue weighted by Gasteiger charge is 2.22. The zero-order chi connectivity index (χ0) is 14.4. The Kier molecular flexibility index (Phi) is 6.40. The lowest BCUT2D eigenvalue weighted by Gasteiger charge is -2.35. The molecule has 1 saturated heterocycles. The normalized spacial score (nSPS) is 25.6. The van der Waals surface area contributed by atoms with Gasteiger partial charge in [0.2, 0.25) is 0 Å². The number of thioether (sulfide) groups is 1. The van der Waals surface area contributed by atoms with Gasteiger partial charge in [-0.15, -0.1) is 0 Å². The molecule has 1 aromatic rings. The molecular formula is C17H28N2S. The Labute approximate surface area is 128 Å². The smallest absolute Gasteiger partial charge is 0.0332 e. The fourth-order valence-electron chi connectivity index (χ4n) is 3.10. The van der Waals surface area contributed by atoms with Crippen LogP contribution in [0.2, 0.25) is 0 Å². The first-order chi connectivity index (χ1) is 9.69. The Bertz CT molecular complexity index is 372. The highest BCUT2D eigenvalue weighted by atomic mass is 32.2. The average Bonchev–Trinajstić information content (AvgIpc) is 2.43. The van der Waals surface area contributed by atoms with Gasteiger partial charge in [0.25, 0.3) is 0 Å². The van der Waals surface area contributed by atoms with Gasteiger partial charge < -0.3 is 10.2 Å². The van der Waals surface area contributed by atoms with Crippen LogP contribution in [0.1, 0.15) is 38.8 Å². The molecule has 1 aliphatic heterocycles. The lowest BCUT2D eigenvalue weighted by molar-refractivity contribution is 0.254. The van der Waals surface area contributed by atoms with Gasteiger partial charge in [0.05, 0.1) is 0 Å². The fourth-order valence-corrected chi connectivity index (χ4v) is 4.48. The molecule has 2 nitrogen and oxygen atoms in total. The maximum absolute atomic E-state index is 3.63. The van der Waals surface area contributed by atoms with Gasteiger partial charge in [0.15, 0.2) is 0 Å². The zero-order valence-electron chi connectivity index (χ0n) is 13.0. The molecule has 1 N–H and O–H groups in total. The number of nitrogens with one attached hydrogen (secondary N) is 1. The molecule has 1 fully saturated rings. The number of hydrogen-bond donors (Lipinski definition) is 1. The van der Waals surface area contributed by atoms with Crippen molar-refractivity contribution in [1.29, 1.82) is 0 Å². The second-order valence-corrected chi connectivity index (χ2v) is 7.71. The van der Waals surface area contributed by atoms with Gasteiger partial charge in [0.1, 0.15) is 0 Å². The molecule has 0 aliphatic carbocycles. The maximum atomic E-state index is 3.63. The molecule has 0 radical (unpaired) electrons. The van der Waals surface area contributed by atoms with Crippen molar-refractivity contribution >= 4 is 11.8 Å². The van der Waals surface area contributed by atoms with Crippen LogP contribution >= 0.6 is 11.8 Å². The number of rotatable bonds is 6. The minimum atomic E-state index is 0.487. The molecule has 2 rings (SSSR count). The van der Waals surface area contributed by atoms with E-state index in [-0.39, 0.29) is 0 Å². The number of benzene rings is 1. The van der Waals surface area contributed by atoms with Crippen LogP contribution in [0, 0.1) is 0 Å². The van der Waals surface area contributed by atoms with Crippen molar-refractivity contribution in [2.75, 3.05) is 26.2 Å². The molecule has 1 aromatic carbocycles. The largest absolute Gasteiger partial charge is 0.310 e. The summed E-state index contributed by atoms with van der Waals surface area (Å²) >= 11 is 2.13. The van der Waals surface area contributed by atoms with Crippen LogP contribution in [0.25, 0.3) is 0 Å². The van der Waals surface area contributed by atoms with E-state index < -0.39 is 0 Å². The van der Waals surface area contributed by atoms with Crippen LogP contribution in [0.5, 0.6) is 0 Å². The second-order valence-electron chi connectivity index (χ2n) is 5.83. The lowest BCUT2D eigenvalue weighted by atomic mass is 10.0. The summed E-state index contributed by atoms with van der Waals surface area (Å²) < 4.78 is 0. The van der Waals surface area contributed by atoms with Crippen LogP contribution in [0.15, 0.2) is 30.3 Å². The van der Waals surface area contributed by atoms with E-state index in [1.54, 1.807) is 0 Å². The summed E-state index contributed by atoms with van der Waals surface area (Å²) in [6, 6.07) is 11.3. The molecule has 3 atom stereocenters. The Hall–Kier alpha value is -0.510. The minimum absolute atomic E-state index is 0.487. The first-order valence-electron chi connectivity index (χ1n) is 7.85. The van der Waals surface area contributed by atoms with E-state index in [0.29, 0.717) is 6.04 Å². The molecule has 20 heavy (non-hydrogen) atoms. The van der Waals surface area contributed by atoms with Gasteiger partial charge in [-0.25, -0.2) is 0 Å². The third-order valence-electron chi connectivity index (χ3n) is 3.88. The van der Waals surface area contributed by atoms with Crippen molar-refractivity contribution in [3.05, 3.63) is 35.9 Å². The molecule has 3 unspecified atom stereocenters. The van der Waals surface area contributed by atoms with E-state index >= 15 is 0 Å². The molecule has 0 aromatic heterocycles. The highest BCUT2D eigenvalue weighted by Crippen LogP contribution is 2.25. The van der Waals surface area contributed by atoms with Crippen molar-refractivity contribution in [3.63, 3.8) is 0 Å². The summed E-state index contributed by atoms with van der Waals surface area (Å²) in [4.78, 5) is 2.64. The zero-order valence-corrected chi connectivity index (χ0v) is 13.8. The topological polar surface area (TPSA) is 15.3 Å². The molecule has 1 heterocycles. The lowest BCUT2D eigenvalue weighted by Crippen LogP contribution is -2.41. The predicted octanol–water partition coefficient (Wildman–Crippen LogP) is 3.55. The van der Waals surface area contributed by atoms with Gasteiger partial charge >= 0.3 is 0 Å². The summed E-state index contributed by atoms with van der Waals surface area (Å²) in [6.45, 7) is 11.6. The fraction of sp³-hybridized carbons (Fsp3) is 0.647. The standard InChI is InChI=1S/C17H28N2S/c1-4-18-17(16-8-6-5-7-9-16)10-11-19-12-14(2)20-15(3)13-19/h5-9,14-15,17-18H,4,10-13H2,1-3H3. The minimum Gasteiger partial charge on any atom is -0.310 e. The van der Waals surface area contributed by atoms with E-state index in [1.165, 1.54) is 31.6 Å². The molecule has 0 bridgehead atoms. The molecule has 0 spiro atoms. The first-order valence-corrected chi connectivity index (χ1v) is 8.79. The van der Waals surface area contributed by atoms with Crippen LogP contribution in [-0.4, -0.2) is 41.6 Å². The van der Waals surface area contributed by atoms with Crippen LogP contribution in [0.3, 0.4) is 0 Å². The Morgan fingerprint density at radius 3 is 2.45 bits per heavy atom. The highest BCUT2D eigenvalue weighted by molar-refractivity contribution is 8.00. The molecule has 0 amide bonds. The molecule has 112 valence electrons. The Balaban J connectivity index is 1.89. The van der Waals surface area contributed by atoms with Crippen molar-refractivity contribution < 1.29 is 0 Å². The number of nitrogens with zero attached hydrogens (tertiary/aromatic N) is 1. The predicted molar refractivity (Wildman–Crippen MR) is 90.4 cm³/mol. The Morgan fingerprint density at radius 1 is 1.20 bits per heavy atom. The third kappa shape index (κ3) is 4.80. The van der Waals surface area contributed by atoms with E-state index in [0.717, 1.165) is 17.0 Å². The van der Waals surface area contributed by atoms with Crippen molar-refractivity contribution in [2.24, 2.45) is 0 Å². The van der Waals surface area contributed by atoms with Crippen LogP contribution in [-0.2, 0) is 0 Å². The summed E-state index contributed by atoms with van der Waals surface area (Å²) in [5, 5.41) is 5.17. The van der Waals surface area contributed by atoms with E-state index in [9.17, 15) is 0 Å². The first kappa shape index (κ1) is 15.9. The van der Waals surface area contributed by atoms with Gasteiger partial charge in [-0.1, -0.05) is 51.1 Å². The van der Waals surface area contributed by atoms with Crippen LogP contribution in [0.4, 0.5) is 0 Å². The SMILES string of the molecule is CCNC(CCN1CC(C)SC(C)C1)c1ccccc1. The number of hydrogen-bond acceptors (Lipinski definition) is 3. The summed E-state index contributed by atoms with van der Waals surface area (Å²) in [5.41, 5.74) is 1.42. The average molecular weight is 292 g/mol. The van der Waals surface area contributed by atoms with Crippen molar-refractivity contribution in [1.82, 2.24) is 10.2 Å². The molecular weight excluding hydrogens is 264 g/mol. The van der Waals surface area contributed by atoms with Crippen molar-refractivity contribution in [2.45, 2.75) is 43.7 Å². The maximum Gasteiger partial charge on any atom is 0.0332 e. The Morgan fingerprint density at radius 2 is 1.85 bits per heavy atom. The second kappa shape index (κ2) is 8.06.